The minimum absolute atomic E-state index is 0.372. The van der Waals surface area contributed by atoms with E-state index in [-0.39, 0.29) is 0 Å². The van der Waals surface area contributed by atoms with Crippen LogP contribution in [0.2, 0.25) is 0 Å². The molecule has 25 heavy (non-hydrogen) atoms. The molecule has 1 aromatic heterocycles. The zero-order valence-corrected chi connectivity index (χ0v) is 15.3. The van der Waals surface area contributed by atoms with Crippen molar-refractivity contribution in [1.29, 1.82) is 0 Å². The lowest BCUT2D eigenvalue weighted by Gasteiger charge is -2.33. The Kier molecular flexibility index (Phi) is 5.71. The van der Waals surface area contributed by atoms with Crippen LogP contribution in [-0.2, 0) is 6.54 Å². The second-order valence-corrected chi connectivity index (χ2v) is 6.70. The second-order valence-electron chi connectivity index (χ2n) is 6.70. The van der Waals surface area contributed by atoms with E-state index in [9.17, 15) is 0 Å². The molecule has 1 saturated heterocycles. The van der Waals surface area contributed by atoms with Crippen molar-refractivity contribution in [2.75, 3.05) is 44.5 Å². The van der Waals surface area contributed by atoms with Gasteiger partial charge in [-0.3, -0.25) is 4.90 Å². The fraction of sp³-hybridized carbons (Fsp3) is 0.474. The van der Waals surface area contributed by atoms with Crippen molar-refractivity contribution < 1.29 is 4.74 Å². The molecule has 0 radical (unpaired) electrons. The van der Waals surface area contributed by atoms with Gasteiger partial charge in [-0.1, -0.05) is 12.1 Å². The normalized spacial score (nSPS) is 18.0. The Balaban J connectivity index is 1.60. The van der Waals surface area contributed by atoms with Gasteiger partial charge in [0.25, 0.3) is 0 Å². The monoisotopic (exact) mass is 341 g/mol. The molecule has 3 rings (SSSR count). The van der Waals surface area contributed by atoms with E-state index in [1.165, 1.54) is 12.0 Å². The van der Waals surface area contributed by atoms with E-state index < -0.39 is 0 Å². The van der Waals surface area contributed by atoms with Gasteiger partial charge in [0, 0.05) is 39.4 Å². The quantitative estimate of drug-likeness (QED) is 0.872. The fourth-order valence-corrected chi connectivity index (χ4v) is 3.20. The Morgan fingerprint density at radius 2 is 2.20 bits per heavy atom. The molecule has 1 atom stereocenters. The van der Waals surface area contributed by atoms with Crippen molar-refractivity contribution in [2.24, 2.45) is 0 Å². The molecule has 0 saturated carbocycles. The summed E-state index contributed by atoms with van der Waals surface area (Å²) in [6.07, 6.45) is 4.13. The van der Waals surface area contributed by atoms with Crippen molar-refractivity contribution in [3.63, 3.8) is 0 Å². The first-order valence-corrected chi connectivity index (χ1v) is 8.76. The first-order valence-electron chi connectivity index (χ1n) is 8.76. The third-order valence-electron chi connectivity index (χ3n) is 4.48. The SMILES string of the molecule is COc1cccc(CN2CCCC(Nc3nccc(N(C)C)n3)C2)c1. The standard InChI is InChI=1S/C19H27N5O/c1-23(2)18-9-10-20-19(22-18)21-16-7-5-11-24(14-16)13-15-6-4-8-17(12-15)25-3/h4,6,8-10,12,16H,5,7,11,13-14H2,1-3H3,(H,20,21,22). The van der Waals surface area contributed by atoms with Gasteiger partial charge >= 0.3 is 0 Å². The predicted octanol–water partition coefficient (Wildman–Crippen LogP) is 2.63. The van der Waals surface area contributed by atoms with Crippen LogP contribution in [-0.4, -0.2) is 55.2 Å². The van der Waals surface area contributed by atoms with Gasteiger partial charge < -0.3 is 15.0 Å². The van der Waals surface area contributed by atoms with Crippen LogP contribution in [0.5, 0.6) is 5.75 Å². The summed E-state index contributed by atoms with van der Waals surface area (Å²) in [7, 11) is 5.69. The number of aromatic nitrogens is 2. The summed E-state index contributed by atoms with van der Waals surface area (Å²) in [6.45, 7) is 3.05. The van der Waals surface area contributed by atoms with Crippen LogP contribution in [0, 0.1) is 0 Å². The van der Waals surface area contributed by atoms with E-state index in [1.807, 2.05) is 37.3 Å². The lowest BCUT2D eigenvalue weighted by molar-refractivity contribution is 0.208. The van der Waals surface area contributed by atoms with Crippen LogP contribution in [0.4, 0.5) is 11.8 Å². The molecule has 6 nitrogen and oxygen atoms in total. The van der Waals surface area contributed by atoms with Crippen molar-refractivity contribution in [3.8, 4) is 5.75 Å². The topological polar surface area (TPSA) is 53.5 Å². The van der Waals surface area contributed by atoms with Crippen LogP contribution >= 0.6 is 0 Å². The first kappa shape index (κ1) is 17.5. The zero-order valence-electron chi connectivity index (χ0n) is 15.3. The van der Waals surface area contributed by atoms with Gasteiger partial charge in [-0.15, -0.1) is 0 Å². The molecule has 0 spiro atoms. The molecule has 2 aromatic rings. The lowest BCUT2D eigenvalue weighted by Crippen LogP contribution is -2.41. The molecule has 2 heterocycles. The highest BCUT2D eigenvalue weighted by Crippen LogP contribution is 2.19. The number of methoxy groups -OCH3 is 1. The molecule has 1 fully saturated rings. The average Bonchev–Trinajstić information content (AvgIpc) is 2.62. The van der Waals surface area contributed by atoms with E-state index in [4.69, 9.17) is 4.74 Å². The highest BCUT2D eigenvalue weighted by Gasteiger charge is 2.20. The third kappa shape index (κ3) is 4.82. The minimum Gasteiger partial charge on any atom is -0.497 e. The number of rotatable bonds is 6. The molecule has 0 amide bonds. The Labute approximate surface area is 149 Å². The van der Waals surface area contributed by atoms with Gasteiger partial charge in [0.05, 0.1) is 7.11 Å². The summed E-state index contributed by atoms with van der Waals surface area (Å²) >= 11 is 0. The number of nitrogens with one attached hydrogen (secondary N) is 1. The fourth-order valence-electron chi connectivity index (χ4n) is 3.20. The number of hydrogen-bond acceptors (Lipinski definition) is 6. The Morgan fingerprint density at radius 3 is 3.00 bits per heavy atom. The Morgan fingerprint density at radius 1 is 1.32 bits per heavy atom. The molecule has 1 aliphatic heterocycles. The smallest absolute Gasteiger partial charge is 0.224 e. The summed E-state index contributed by atoms with van der Waals surface area (Å²) in [5.74, 6) is 2.54. The van der Waals surface area contributed by atoms with Crippen LogP contribution in [0.15, 0.2) is 36.5 Å². The molecule has 134 valence electrons. The van der Waals surface area contributed by atoms with E-state index >= 15 is 0 Å². The number of anilines is 2. The zero-order chi connectivity index (χ0) is 17.6. The minimum atomic E-state index is 0.372. The van der Waals surface area contributed by atoms with Crippen LogP contribution in [0.1, 0.15) is 18.4 Å². The lowest BCUT2D eigenvalue weighted by atomic mass is 10.0. The molecule has 0 aliphatic carbocycles. The van der Waals surface area contributed by atoms with Gasteiger partial charge in [0.15, 0.2) is 0 Å². The summed E-state index contributed by atoms with van der Waals surface area (Å²) in [4.78, 5) is 13.4. The Bertz CT molecular complexity index is 691. The number of benzene rings is 1. The van der Waals surface area contributed by atoms with Gasteiger partial charge in [0.2, 0.25) is 5.95 Å². The second kappa shape index (κ2) is 8.16. The van der Waals surface area contributed by atoms with Crippen molar-refractivity contribution in [2.45, 2.75) is 25.4 Å². The van der Waals surface area contributed by atoms with Crippen LogP contribution in [0.25, 0.3) is 0 Å². The molecular weight excluding hydrogens is 314 g/mol. The van der Waals surface area contributed by atoms with E-state index in [0.29, 0.717) is 12.0 Å². The maximum Gasteiger partial charge on any atom is 0.224 e. The molecule has 1 unspecified atom stereocenters. The molecule has 0 bridgehead atoms. The van der Waals surface area contributed by atoms with E-state index in [0.717, 1.165) is 37.6 Å². The number of hydrogen-bond donors (Lipinski definition) is 1. The predicted molar refractivity (Wildman–Crippen MR) is 101 cm³/mol. The molecule has 1 aliphatic rings. The van der Waals surface area contributed by atoms with Crippen molar-refractivity contribution in [1.82, 2.24) is 14.9 Å². The molecule has 1 aromatic carbocycles. The van der Waals surface area contributed by atoms with E-state index in [2.05, 4.69) is 38.4 Å². The highest BCUT2D eigenvalue weighted by molar-refractivity contribution is 5.41. The number of ether oxygens (including phenoxy) is 1. The van der Waals surface area contributed by atoms with Crippen molar-refractivity contribution >= 4 is 11.8 Å². The van der Waals surface area contributed by atoms with Crippen LogP contribution < -0.4 is 15.0 Å². The number of likely N-dealkylation sites (tertiary alicyclic amines) is 1. The van der Waals surface area contributed by atoms with E-state index in [1.54, 1.807) is 7.11 Å². The summed E-state index contributed by atoms with van der Waals surface area (Å²) in [5.41, 5.74) is 1.28. The molecule has 1 N–H and O–H groups in total. The van der Waals surface area contributed by atoms with Gasteiger partial charge in [0.1, 0.15) is 11.6 Å². The maximum atomic E-state index is 5.32. The van der Waals surface area contributed by atoms with Crippen molar-refractivity contribution in [3.05, 3.63) is 42.1 Å². The van der Waals surface area contributed by atoms with Gasteiger partial charge in [-0.25, -0.2) is 4.98 Å². The third-order valence-corrected chi connectivity index (χ3v) is 4.48. The van der Waals surface area contributed by atoms with Gasteiger partial charge in [-0.05, 0) is 43.1 Å². The number of piperidine rings is 1. The number of nitrogens with zero attached hydrogens (tertiary/aromatic N) is 4. The average molecular weight is 341 g/mol. The summed E-state index contributed by atoms with van der Waals surface area (Å²) < 4.78 is 5.32. The molecule has 6 heteroatoms. The first-order chi connectivity index (χ1) is 12.1. The largest absolute Gasteiger partial charge is 0.497 e. The van der Waals surface area contributed by atoms with Crippen LogP contribution in [0.3, 0.4) is 0 Å². The molecular formula is C19H27N5O. The maximum absolute atomic E-state index is 5.32. The summed E-state index contributed by atoms with van der Waals surface area (Å²) in [6, 6.07) is 10.6. The highest BCUT2D eigenvalue weighted by atomic mass is 16.5. The van der Waals surface area contributed by atoms with Gasteiger partial charge in [-0.2, -0.15) is 4.98 Å². The summed E-state index contributed by atoms with van der Waals surface area (Å²) in [5, 5.41) is 3.50. The Hall–Kier alpha value is -2.34.